The van der Waals surface area contributed by atoms with Gasteiger partial charge in [-0.15, -0.1) is 0 Å². The van der Waals surface area contributed by atoms with Crippen molar-refractivity contribution < 1.29 is 0 Å². The van der Waals surface area contributed by atoms with Gasteiger partial charge in [-0.1, -0.05) is 127 Å². The van der Waals surface area contributed by atoms with Gasteiger partial charge in [0.15, 0.2) is 0 Å². The van der Waals surface area contributed by atoms with E-state index >= 15 is 0 Å². The van der Waals surface area contributed by atoms with Crippen LogP contribution >= 0.6 is 0 Å². The van der Waals surface area contributed by atoms with Gasteiger partial charge in [0, 0.05) is 0 Å². The van der Waals surface area contributed by atoms with Gasteiger partial charge < -0.3 is 0 Å². The van der Waals surface area contributed by atoms with Crippen molar-refractivity contribution in [3.8, 4) is 77.9 Å². The molecule has 4 aliphatic carbocycles. The number of benzene rings is 7. The fourth-order valence-electron chi connectivity index (χ4n) is 8.85. The Labute approximate surface area is 263 Å². The standard InChI is InChI=1S/C45H28/c1-2-5-26(6-3-1)27-9-11-28(12-10-27)29-13-15-30(16-14-29)36-24-37-23-35-20-19-34-22-33-18-17-32-21-31-7-4-8-38-39(25-36)41(37)43(35)45(34)44(33)42(32)40(31)38/h1-20,24-25H,21-23H2. The topological polar surface area (TPSA) is 0 Å². The van der Waals surface area contributed by atoms with Crippen LogP contribution in [0.3, 0.4) is 0 Å². The molecule has 4 aliphatic rings. The fraction of sp³-hybridized carbons (Fsp3) is 0.0667. The Morgan fingerprint density at radius 1 is 0.244 bits per heavy atom. The lowest BCUT2D eigenvalue weighted by Crippen LogP contribution is -1.97. The molecule has 0 saturated heterocycles. The molecule has 7 aromatic rings. The SMILES string of the molecule is c1ccc(-c2ccc(-c3ccc(-c4cc5c6c(c4)-c4cccc7c4-c4c(ccc8c4-c4c(ccc(c4-6)C5)C8)C7)cc3)cc2)cc1. The Morgan fingerprint density at radius 3 is 1.22 bits per heavy atom. The van der Waals surface area contributed by atoms with Crippen LogP contribution in [0.1, 0.15) is 33.4 Å². The molecular weight excluding hydrogens is 540 g/mol. The molecule has 0 N–H and O–H groups in total. The van der Waals surface area contributed by atoms with Crippen molar-refractivity contribution in [3.63, 3.8) is 0 Å². The molecule has 0 aromatic heterocycles. The number of hydrogen-bond acceptors (Lipinski definition) is 0. The van der Waals surface area contributed by atoms with E-state index in [1.807, 2.05) is 0 Å². The average molecular weight is 569 g/mol. The highest BCUT2D eigenvalue weighted by atomic mass is 14.4. The predicted octanol–water partition coefficient (Wildman–Crippen LogP) is 11.4. The molecule has 0 spiro atoms. The molecule has 0 nitrogen and oxygen atoms in total. The predicted molar refractivity (Wildman–Crippen MR) is 186 cm³/mol. The summed E-state index contributed by atoms with van der Waals surface area (Å²) >= 11 is 0. The van der Waals surface area contributed by atoms with Crippen molar-refractivity contribution in [2.24, 2.45) is 0 Å². The normalized spacial score (nSPS) is 13.5. The van der Waals surface area contributed by atoms with E-state index in [4.69, 9.17) is 0 Å². The third kappa shape index (κ3) is 3.21. The first-order valence-corrected chi connectivity index (χ1v) is 16.1. The molecule has 0 bridgehead atoms. The molecule has 0 heterocycles. The highest BCUT2D eigenvalue weighted by molar-refractivity contribution is 6.11. The number of rotatable bonds is 3. The summed E-state index contributed by atoms with van der Waals surface area (Å²) in [5, 5.41) is 0. The molecule has 0 atom stereocenters. The van der Waals surface area contributed by atoms with Crippen molar-refractivity contribution in [2.75, 3.05) is 0 Å². The van der Waals surface area contributed by atoms with E-state index in [0.717, 1.165) is 19.3 Å². The molecule has 0 amide bonds. The van der Waals surface area contributed by atoms with Gasteiger partial charge >= 0.3 is 0 Å². The van der Waals surface area contributed by atoms with Crippen LogP contribution in [0.4, 0.5) is 0 Å². The third-order valence-corrected chi connectivity index (χ3v) is 10.9. The Kier molecular flexibility index (Phi) is 4.57. The molecule has 0 radical (unpaired) electrons. The van der Waals surface area contributed by atoms with E-state index in [9.17, 15) is 0 Å². The Hall–Kier alpha value is -5.46. The van der Waals surface area contributed by atoms with Crippen molar-refractivity contribution in [1.29, 1.82) is 0 Å². The molecular formula is C45H28. The summed E-state index contributed by atoms with van der Waals surface area (Å²) in [4.78, 5) is 0. The molecule has 11 rings (SSSR count). The van der Waals surface area contributed by atoms with Gasteiger partial charge in [0.05, 0.1) is 0 Å². The van der Waals surface area contributed by atoms with Crippen molar-refractivity contribution in [3.05, 3.63) is 167 Å². The quantitative estimate of drug-likeness (QED) is 0.199. The van der Waals surface area contributed by atoms with Crippen molar-refractivity contribution in [2.45, 2.75) is 19.3 Å². The minimum atomic E-state index is 1.00. The molecule has 0 heteroatoms. The molecule has 0 aliphatic heterocycles. The molecule has 0 fully saturated rings. The van der Waals surface area contributed by atoms with Crippen LogP contribution in [0.15, 0.2) is 133 Å². The second-order valence-electron chi connectivity index (χ2n) is 13.2. The van der Waals surface area contributed by atoms with Crippen LogP contribution in [0.25, 0.3) is 77.9 Å². The van der Waals surface area contributed by atoms with Crippen LogP contribution in [0, 0.1) is 0 Å². The van der Waals surface area contributed by atoms with Crippen LogP contribution in [-0.4, -0.2) is 0 Å². The summed E-state index contributed by atoms with van der Waals surface area (Å²) in [5.41, 5.74) is 28.3. The largest absolute Gasteiger partial charge is 0.0622 e. The van der Waals surface area contributed by atoms with E-state index < -0.39 is 0 Å². The zero-order chi connectivity index (χ0) is 29.2. The third-order valence-electron chi connectivity index (χ3n) is 10.9. The Morgan fingerprint density at radius 2 is 0.667 bits per heavy atom. The number of fused-ring (bicyclic) bond motifs is 1. The second kappa shape index (κ2) is 8.58. The first-order chi connectivity index (χ1) is 22.3. The summed E-state index contributed by atoms with van der Waals surface area (Å²) < 4.78 is 0. The minimum Gasteiger partial charge on any atom is -0.0622 e. The smallest absolute Gasteiger partial charge is 0.00128 e. The second-order valence-corrected chi connectivity index (χ2v) is 13.2. The maximum absolute atomic E-state index is 2.49. The summed E-state index contributed by atoms with van der Waals surface area (Å²) in [6.07, 6.45) is 3.09. The maximum atomic E-state index is 2.49. The Balaban J connectivity index is 1.07. The molecule has 45 heavy (non-hydrogen) atoms. The minimum absolute atomic E-state index is 1.00. The monoisotopic (exact) mass is 568 g/mol. The van der Waals surface area contributed by atoms with Gasteiger partial charge in [-0.05, 0) is 137 Å². The summed E-state index contributed by atoms with van der Waals surface area (Å²) in [5.74, 6) is 0. The van der Waals surface area contributed by atoms with Gasteiger partial charge in [0.1, 0.15) is 0 Å². The first kappa shape index (κ1) is 23.9. The zero-order valence-electron chi connectivity index (χ0n) is 24.8. The molecule has 0 saturated carbocycles. The van der Waals surface area contributed by atoms with Gasteiger partial charge in [-0.25, -0.2) is 0 Å². The van der Waals surface area contributed by atoms with Crippen molar-refractivity contribution >= 4 is 0 Å². The summed E-state index contributed by atoms with van der Waals surface area (Å²) in [7, 11) is 0. The summed E-state index contributed by atoms with van der Waals surface area (Å²) in [6, 6.07) is 50.4. The lowest BCUT2D eigenvalue weighted by atomic mass is 9.80. The van der Waals surface area contributed by atoms with Crippen LogP contribution in [0.2, 0.25) is 0 Å². The van der Waals surface area contributed by atoms with E-state index in [1.54, 1.807) is 0 Å². The van der Waals surface area contributed by atoms with Gasteiger partial charge in [-0.3, -0.25) is 0 Å². The highest BCUT2D eigenvalue weighted by Gasteiger charge is 2.38. The van der Waals surface area contributed by atoms with Crippen molar-refractivity contribution in [1.82, 2.24) is 0 Å². The first-order valence-electron chi connectivity index (χ1n) is 16.1. The summed E-state index contributed by atoms with van der Waals surface area (Å²) in [6.45, 7) is 0. The van der Waals surface area contributed by atoms with Gasteiger partial charge in [-0.2, -0.15) is 0 Å². The Bertz CT molecular complexity index is 2400. The average Bonchev–Trinajstić information content (AvgIpc) is 3.78. The van der Waals surface area contributed by atoms with Gasteiger partial charge in [0.2, 0.25) is 0 Å². The zero-order valence-corrected chi connectivity index (χ0v) is 24.8. The highest BCUT2D eigenvalue weighted by Crippen LogP contribution is 2.60. The molecule has 0 unspecified atom stereocenters. The van der Waals surface area contributed by atoms with E-state index in [-0.39, 0.29) is 0 Å². The van der Waals surface area contributed by atoms with E-state index in [2.05, 4.69) is 133 Å². The van der Waals surface area contributed by atoms with E-state index in [1.165, 1.54) is 111 Å². The lowest BCUT2D eigenvalue weighted by Gasteiger charge is -2.23. The fourth-order valence-corrected chi connectivity index (χ4v) is 8.85. The molecule has 7 aromatic carbocycles. The van der Waals surface area contributed by atoms with E-state index in [0.29, 0.717) is 0 Å². The maximum Gasteiger partial charge on any atom is -0.00128 e. The van der Waals surface area contributed by atoms with Gasteiger partial charge in [0.25, 0.3) is 0 Å². The molecule has 208 valence electrons. The van der Waals surface area contributed by atoms with Crippen LogP contribution < -0.4 is 0 Å². The van der Waals surface area contributed by atoms with Crippen LogP contribution in [0.5, 0.6) is 0 Å². The lowest BCUT2D eigenvalue weighted by molar-refractivity contribution is 1.22. The van der Waals surface area contributed by atoms with Crippen LogP contribution in [-0.2, 0) is 19.3 Å². The number of hydrogen-bond donors (Lipinski definition) is 0.